The maximum absolute atomic E-state index is 12.9. The second-order valence-corrected chi connectivity index (χ2v) is 4.76. The molecular weight excluding hydrogens is 277 g/mol. The van der Waals surface area contributed by atoms with E-state index in [1.165, 1.54) is 12.1 Å². The highest BCUT2D eigenvalue weighted by Gasteiger charge is 2.02. The van der Waals surface area contributed by atoms with Gasteiger partial charge in [-0.2, -0.15) is 5.10 Å². The van der Waals surface area contributed by atoms with E-state index >= 15 is 0 Å². The number of pyridine rings is 1. The molecule has 2 aromatic heterocycles. The Bertz CT molecular complexity index is 796. The monoisotopic (exact) mass is 291 g/mol. The number of aryl methyl sites for hydroxylation is 1. The summed E-state index contributed by atoms with van der Waals surface area (Å²) in [6.07, 6.45) is 6.08. The van der Waals surface area contributed by atoms with Crippen molar-refractivity contribution in [2.75, 3.05) is 0 Å². The number of hydrogen-bond acceptors (Lipinski definition) is 2. The molecule has 0 saturated heterocycles. The van der Waals surface area contributed by atoms with Crippen LogP contribution in [0, 0.1) is 17.7 Å². The quantitative estimate of drug-likeness (QED) is 0.691. The summed E-state index contributed by atoms with van der Waals surface area (Å²) in [4.78, 5) is 3.95. The lowest BCUT2D eigenvalue weighted by Gasteiger charge is -1.98. The fourth-order valence-corrected chi connectivity index (χ4v) is 2.03. The number of aromatic nitrogens is 3. The van der Waals surface area contributed by atoms with Crippen molar-refractivity contribution in [1.29, 1.82) is 0 Å². The SMILES string of the molecule is Fc1ccc(-c2ccn(CCC#Cc3ccncc3)n2)cc1. The molecule has 0 aliphatic carbocycles. The fourth-order valence-electron chi connectivity index (χ4n) is 2.03. The summed E-state index contributed by atoms with van der Waals surface area (Å²) in [6.45, 7) is 0.722. The van der Waals surface area contributed by atoms with Gasteiger partial charge in [0.05, 0.1) is 12.2 Å². The third-order valence-electron chi connectivity index (χ3n) is 3.16. The molecule has 0 N–H and O–H groups in total. The standard InChI is InChI=1S/C18H14FN3/c19-17-6-4-16(5-7-17)18-10-14-22(21-18)13-2-1-3-15-8-11-20-12-9-15/h4-12,14H,2,13H2. The van der Waals surface area contributed by atoms with E-state index in [-0.39, 0.29) is 5.82 Å². The number of benzene rings is 1. The summed E-state index contributed by atoms with van der Waals surface area (Å²) in [6, 6.07) is 12.0. The first kappa shape index (κ1) is 14.0. The third-order valence-corrected chi connectivity index (χ3v) is 3.16. The molecule has 0 bridgehead atoms. The molecule has 1 aromatic carbocycles. The molecule has 0 fully saturated rings. The van der Waals surface area contributed by atoms with Crippen LogP contribution >= 0.6 is 0 Å². The van der Waals surface area contributed by atoms with Gasteiger partial charge in [-0.3, -0.25) is 9.67 Å². The Morgan fingerprint density at radius 1 is 1.00 bits per heavy atom. The van der Waals surface area contributed by atoms with E-state index in [2.05, 4.69) is 21.9 Å². The van der Waals surface area contributed by atoms with E-state index in [1.807, 2.05) is 29.1 Å². The highest BCUT2D eigenvalue weighted by molar-refractivity contribution is 5.58. The van der Waals surface area contributed by atoms with E-state index in [0.29, 0.717) is 6.42 Å². The van der Waals surface area contributed by atoms with Gasteiger partial charge in [-0.25, -0.2) is 4.39 Å². The summed E-state index contributed by atoms with van der Waals surface area (Å²) in [5.41, 5.74) is 2.70. The third kappa shape index (κ3) is 3.58. The molecule has 4 heteroatoms. The van der Waals surface area contributed by atoms with E-state index in [1.54, 1.807) is 24.5 Å². The van der Waals surface area contributed by atoms with Crippen molar-refractivity contribution in [2.24, 2.45) is 0 Å². The summed E-state index contributed by atoms with van der Waals surface area (Å²) >= 11 is 0. The molecule has 3 nitrogen and oxygen atoms in total. The first-order valence-electron chi connectivity index (χ1n) is 6.99. The van der Waals surface area contributed by atoms with Gasteiger partial charge in [-0.1, -0.05) is 11.8 Å². The molecule has 22 heavy (non-hydrogen) atoms. The topological polar surface area (TPSA) is 30.7 Å². The Balaban J connectivity index is 1.61. The van der Waals surface area contributed by atoms with Gasteiger partial charge < -0.3 is 0 Å². The zero-order valence-electron chi connectivity index (χ0n) is 11.9. The average molecular weight is 291 g/mol. The normalized spacial score (nSPS) is 10.0. The molecule has 3 aromatic rings. The van der Waals surface area contributed by atoms with E-state index in [4.69, 9.17) is 0 Å². The average Bonchev–Trinajstić information content (AvgIpc) is 3.02. The number of nitrogens with zero attached hydrogens (tertiary/aromatic N) is 3. The van der Waals surface area contributed by atoms with E-state index in [9.17, 15) is 4.39 Å². The lowest BCUT2D eigenvalue weighted by Crippen LogP contribution is -1.97. The Morgan fingerprint density at radius 2 is 1.77 bits per heavy atom. The van der Waals surface area contributed by atoms with Crippen LogP contribution in [0.15, 0.2) is 61.1 Å². The minimum Gasteiger partial charge on any atom is -0.271 e. The fraction of sp³-hybridized carbons (Fsp3) is 0.111. The van der Waals surface area contributed by atoms with Crippen LogP contribution < -0.4 is 0 Å². The van der Waals surface area contributed by atoms with Crippen LogP contribution in [0.2, 0.25) is 0 Å². The maximum atomic E-state index is 12.9. The minimum absolute atomic E-state index is 0.241. The zero-order chi connectivity index (χ0) is 15.2. The molecule has 2 heterocycles. The van der Waals surface area contributed by atoms with E-state index in [0.717, 1.165) is 23.4 Å². The summed E-state index contributed by atoms with van der Waals surface area (Å²) < 4.78 is 14.8. The van der Waals surface area contributed by atoms with Crippen molar-refractivity contribution in [1.82, 2.24) is 14.8 Å². The van der Waals surface area contributed by atoms with Crippen molar-refractivity contribution in [3.63, 3.8) is 0 Å². The summed E-state index contributed by atoms with van der Waals surface area (Å²) in [7, 11) is 0. The molecule has 0 aliphatic rings. The molecule has 0 atom stereocenters. The highest BCUT2D eigenvalue weighted by Crippen LogP contribution is 2.17. The lowest BCUT2D eigenvalue weighted by molar-refractivity contribution is 0.627. The molecule has 108 valence electrons. The first-order chi connectivity index (χ1) is 10.8. The Hall–Kier alpha value is -2.93. The molecule has 0 saturated carbocycles. The van der Waals surface area contributed by atoms with Crippen molar-refractivity contribution in [2.45, 2.75) is 13.0 Å². The molecule has 0 unspecified atom stereocenters. The van der Waals surface area contributed by atoms with Crippen LogP contribution in [0.5, 0.6) is 0 Å². The number of halogens is 1. The van der Waals surface area contributed by atoms with Crippen molar-refractivity contribution < 1.29 is 4.39 Å². The number of rotatable bonds is 3. The summed E-state index contributed by atoms with van der Waals surface area (Å²) in [5.74, 6) is 5.96. The Morgan fingerprint density at radius 3 is 2.55 bits per heavy atom. The molecule has 0 aliphatic heterocycles. The van der Waals surface area contributed by atoms with Gasteiger partial charge >= 0.3 is 0 Å². The van der Waals surface area contributed by atoms with Crippen LogP contribution in [0.25, 0.3) is 11.3 Å². The lowest BCUT2D eigenvalue weighted by atomic mass is 10.1. The first-order valence-corrected chi connectivity index (χ1v) is 6.99. The second kappa shape index (κ2) is 6.68. The molecule has 3 rings (SSSR count). The van der Waals surface area contributed by atoms with Crippen molar-refractivity contribution >= 4 is 0 Å². The van der Waals surface area contributed by atoms with Gasteiger partial charge in [0, 0.05) is 36.1 Å². The van der Waals surface area contributed by atoms with Crippen molar-refractivity contribution in [3.05, 3.63) is 72.4 Å². The van der Waals surface area contributed by atoms with Crippen LogP contribution in [-0.2, 0) is 6.54 Å². The van der Waals surface area contributed by atoms with Gasteiger partial charge in [0.1, 0.15) is 5.82 Å². The predicted molar refractivity (Wildman–Crippen MR) is 83.4 cm³/mol. The molecule has 0 radical (unpaired) electrons. The zero-order valence-corrected chi connectivity index (χ0v) is 11.9. The van der Waals surface area contributed by atoms with Gasteiger partial charge in [-0.05, 0) is 42.5 Å². The van der Waals surface area contributed by atoms with Gasteiger partial charge in [0.15, 0.2) is 0 Å². The second-order valence-electron chi connectivity index (χ2n) is 4.76. The molecular formula is C18H14FN3. The predicted octanol–water partition coefficient (Wildman–Crippen LogP) is 3.53. The Labute approximate surface area is 128 Å². The largest absolute Gasteiger partial charge is 0.271 e. The van der Waals surface area contributed by atoms with Crippen LogP contribution in [0.1, 0.15) is 12.0 Å². The molecule has 0 amide bonds. The number of hydrogen-bond donors (Lipinski definition) is 0. The van der Waals surface area contributed by atoms with Gasteiger partial charge in [0.25, 0.3) is 0 Å². The van der Waals surface area contributed by atoms with Crippen LogP contribution in [0.4, 0.5) is 4.39 Å². The minimum atomic E-state index is -0.241. The van der Waals surface area contributed by atoms with E-state index < -0.39 is 0 Å². The molecule has 0 spiro atoms. The van der Waals surface area contributed by atoms with Crippen LogP contribution in [-0.4, -0.2) is 14.8 Å². The summed E-state index contributed by atoms with van der Waals surface area (Å²) in [5, 5.41) is 4.47. The smallest absolute Gasteiger partial charge is 0.123 e. The highest BCUT2D eigenvalue weighted by atomic mass is 19.1. The maximum Gasteiger partial charge on any atom is 0.123 e. The van der Waals surface area contributed by atoms with Crippen LogP contribution in [0.3, 0.4) is 0 Å². The van der Waals surface area contributed by atoms with Crippen molar-refractivity contribution in [3.8, 4) is 23.1 Å². The van der Waals surface area contributed by atoms with Gasteiger partial charge in [-0.15, -0.1) is 0 Å². The van der Waals surface area contributed by atoms with Gasteiger partial charge in [0.2, 0.25) is 0 Å². The Kier molecular flexibility index (Phi) is 4.26.